The predicted octanol–water partition coefficient (Wildman–Crippen LogP) is 2.04. The van der Waals surface area contributed by atoms with E-state index in [1.165, 1.54) is 0 Å². The van der Waals surface area contributed by atoms with Crippen LogP contribution in [0.5, 0.6) is 11.5 Å². The second-order valence-corrected chi connectivity index (χ2v) is 6.26. The molecule has 3 heterocycles. The standard InChI is InChI=1S/C18H20N4O3/c1-12-8-14(21-18(20-12)22-6-2-3-7-22)17(23)19-10-13-4-5-15-16(9-13)25-11-24-15/h4-5,8-9H,2-3,6-7,10-11H2,1H3,(H,19,23). The molecule has 1 fully saturated rings. The van der Waals surface area contributed by atoms with Crippen molar-refractivity contribution in [1.82, 2.24) is 15.3 Å². The van der Waals surface area contributed by atoms with Crippen molar-refractivity contribution in [3.8, 4) is 11.5 Å². The highest BCUT2D eigenvalue weighted by Gasteiger charge is 2.18. The molecule has 2 aromatic rings. The Morgan fingerprint density at radius 3 is 2.80 bits per heavy atom. The van der Waals surface area contributed by atoms with Gasteiger partial charge in [0, 0.05) is 25.3 Å². The molecular weight excluding hydrogens is 320 g/mol. The molecule has 2 aliphatic heterocycles. The predicted molar refractivity (Wildman–Crippen MR) is 92.0 cm³/mol. The third kappa shape index (κ3) is 3.35. The van der Waals surface area contributed by atoms with Crippen molar-refractivity contribution in [3.05, 3.63) is 41.2 Å². The average Bonchev–Trinajstić information content (AvgIpc) is 3.30. The van der Waals surface area contributed by atoms with E-state index in [9.17, 15) is 4.79 Å². The summed E-state index contributed by atoms with van der Waals surface area (Å²) in [5.74, 6) is 1.88. The molecule has 2 aliphatic rings. The summed E-state index contributed by atoms with van der Waals surface area (Å²) in [6, 6.07) is 7.36. The smallest absolute Gasteiger partial charge is 0.270 e. The molecule has 0 radical (unpaired) electrons. The van der Waals surface area contributed by atoms with Crippen LogP contribution in [-0.2, 0) is 6.54 Å². The van der Waals surface area contributed by atoms with Crippen LogP contribution in [0.25, 0.3) is 0 Å². The summed E-state index contributed by atoms with van der Waals surface area (Å²) in [6.45, 7) is 4.42. The fraction of sp³-hybridized carbons (Fsp3) is 0.389. The SMILES string of the molecule is Cc1cc(C(=O)NCc2ccc3c(c2)OCO3)nc(N2CCCC2)n1. The van der Waals surface area contributed by atoms with E-state index in [2.05, 4.69) is 20.2 Å². The summed E-state index contributed by atoms with van der Waals surface area (Å²) in [4.78, 5) is 23.5. The molecule has 1 N–H and O–H groups in total. The number of benzene rings is 1. The van der Waals surface area contributed by atoms with Crippen LogP contribution < -0.4 is 19.7 Å². The fourth-order valence-corrected chi connectivity index (χ4v) is 3.05. The molecule has 130 valence electrons. The van der Waals surface area contributed by atoms with Gasteiger partial charge >= 0.3 is 0 Å². The molecule has 0 atom stereocenters. The number of nitrogens with zero attached hydrogens (tertiary/aromatic N) is 3. The summed E-state index contributed by atoms with van der Waals surface area (Å²) in [5, 5.41) is 2.91. The number of hydrogen-bond donors (Lipinski definition) is 1. The van der Waals surface area contributed by atoms with Crippen LogP contribution in [0.15, 0.2) is 24.3 Å². The van der Waals surface area contributed by atoms with Crippen molar-refractivity contribution >= 4 is 11.9 Å². The number of hydrogen-bond acceptors (Lipinski definition) is 6. The zero-order chi connectivity index (χ0) is 17.2. The van der Waals surface area contributed by atoms with Gasteiger partial charge in [0.25, 0.3) is 5.91 Å². The van der Waals surface area contributed by atoms with Crippen molar-refractivity contribution in [1.29, 1.82) is 0 Å². The van der Waals surface area contributed by atoms with E-state index in [1.54, 1.807) is 6.07 Å². The summed E-state index contributed by atoms with van der Waals surface area (Å²) < 4.78 is 10.7. The van der Waals surface area contributed by atoms with Gasteiger partial charge in [-0.3, -0.25) is 4.79 Å². The third-order valence-electron chi connectivity index (χ3n) is 4.35. The molecule has 7 heteroatoms. The van der Waals surface area contributed by atoms with Crippen LogP contribution in [0.2, 0.25) is 0 Å². The van der Waals surface area contributed by atoms with Crippen LogP contribution in [-0.4, -0.2) is 35.8 Å². The molecule has 0 spiro atoms. The highest BCUT2D eigenvalue weighted by atomic mass is 16.7. The summed E-state index contributed by atoms with van der Waals surface area (Å²) in [7, 11) is 0. The number of ether oxygens (including phenoxy) is 2. The number of aromatic nitrogens is 2. The third-order valence-corrected chi connectivity index (χ3v) is 4.35. The van der Waals surface area contributed by atoms with Gasteiger partial charge in [-0.2, -0.15) is 0 Å². The van der Waals surface area contributed by atoms with Gasteiger partial charge in [0.05, 0.1) is 0 Å². The first-order valence-electron chi connectivity index (χ1n) is 8.46. The van der Waals surface area contributed by atoms with Crippen molar-refractivity contribution in [2.24, 2.45) is 0 Å². The van der Waals surface area contributed by atoms with Crippen molar-refractivity contribution in [3.63, 3.8) is 0 Å². The van der Waals surface area contributed by atoms with E-state index in [-0.39, 0.29) is 12.7 Å². The molecule has 0 saturated carbocycles. The lowest BCUT2D eigenvalue weighted by atomic mass is 10.2. The van der Waals surface area contributed by atoms with Gasteiger partial charge < -0.3 is 19.7 Å². The Hall–Kier alpha value is -2.83. The van der Waals surface area contributed by atoms with Crippen LogP contribution in [0.3, 0.4) is 0 Å². The number of nitrogens with one attached hydrogen (secondary N) is 1. The van der Waals surface area contributed by atoms with Crippen molar-refractivity contribution < 1.29 is 14.3 Å². The minimum atomic E-state index is -0.205. The maximum Gasteiger partial charge on any atom is 0.270 e. The normalized spacial score (nSPS) is 15.5. The lowest BCUT2D eigenvalue weighted by molar-refractivity contribution is 0.0945. The molecule has 0 bridgehead atoms. The number of carbonyl (C=O) groups is 1. The van der Waals surface area contributed by atoms with Gasteiger partial charge in [-0.1, -0.05) is 6.07 Å². The molecule has 0 unspecified atom stereocenters. The Labute approximate surface area is 146 Å². The molecule has 4 rings (SSSR count). The molecule has 25 heavy (non-hydrogen) atoms. The number of rotatable bonds is 4. The van der Waals surface area contributed by atoms with Gasteiger partial charge in [0.2, 0.25) is 12.7 Å². The van der Waals surface area contributed by atoms with E-state index >= 15 is 0 Å². The molecular formula is C18H20N4O3. The second kappa shape index (κ2) is 6.58. The number of anilines is 1. The topological polar surface area (TPSA) is 76.6 Å². The molecule has 1 saturated heterocycles. The maximum absolute atomic E-state index is 12.5. The highest BCUT2D eigenvalue weighted by Crippen LogP contribution is 2.32. The zero-order valence-corrected chi connectivity index (χ0v) is 14.1. The molecule has 1 aromatic heterocycles. The maximum atomic E-state index is 12.5. The first-order chi connectivity index (χ1) is 12.2. The van der Waals surface area contributed by atoms with E-state index in [4.69, 9.17) is 9.47 Å². The molecule has 0 aliphatic carbocycles. The number of fused-ring (bicyclic) bond motifs is 1. The minimum Gasteiger partial charge on any atom is -0.454 e. The first-order valence-corrected chi connectivity index (χ1v) is 8.46. The van der Waals surface area contributed by atoms with Crippen LogP contribution in [0, 0.1) is 6.92 Å². The quantitative estimate of drug-likeness (QED) is 0.918. The Balaban J connectivity index is 1.45. The molecule has 1 amide bonds. The van der Waals surface area contributed by atoms with Gasteiger partial charge in [0.15, 0.2) is 11.5 Å². The average molecular weight is 340 g/mol. The number of carbonyl (C=O) groups excluding carboxylic acids is 1. The van der Waals surface area contributed by atoms with Gasteiger partial charge in [-0.15, -0.1) is 0 Å². The monoisotopic (exact) mass is 340 g/mol. The van der Waals surface area contributed by atoms with Crippen molar-refractivity contribution in [2.45, 2.75) is 26.3 Å². The minimum absolute atomic E-state index is 0.205. The van der Waals surface area contributed by atoms with E-state index < -0.39 is 0 Å². The van der Waals surface area contributed by atoms with Crippen LogP contribution in [0.4, 0.5) is 5.95 Å². The van der Waals surface area contributed by atoms with Gasteiger partial charge in [-0.05, 0) is 43.5 Å². The zero-order valence-electron chi connectivity index (χ0n) is 14.1. The van der Waals surface area contributed by atoms with Crippen LogP contribution >= 0.6 is 0 Å². The Morgan fingerprint density at radius 1 is 1.16 bits per heavy atom. The summed E-state index contributed by atoms with van der Waals surface area (Å²) >= 11 is 0. The Morgan fingerprint density at radius 2 is 1.96 bits per heavy atom. The lowest BCUT2D eigenvalue weighted by Gasteiger charge is -2.16. The first kappa shape index (κ1) is 15.7. The Bertz CT molecular complexity index is 803. The van der Waals surface area contributed by atoms with E-state index in [0.717, 1.165) is 42.9 Å². The number of aryl methyl sites for hydroxylation is 1. The lowest BCUT2D eigenvalue weighted by Crippen LogP contribution is -2.26. The van der Waals surface area contributed by atoms with Gasteiger partial charge in [0.1, 0.15) is 5.69 Å². The fourth-order valence-electron chi connectivity index (χ4n) is 3.05. The van der Waals surface area contributed by atoms with Gasteiger partial charge in [-0.25, -0.2) is 9.97 Å². The molecule has 1 aromatic carbocycles. The summed E-state index contributed by atoms with van der Waals surface area (Å²) in [6.07, 6.45) is 2.28. The Kier molecular flexibility index (Phi) is 4.13. The van der Waals surface area contributed by atoms with Crippen LogP contribution in [0.1, 0.15) is 34.6 Å². The highest BCUT2D eigenvalue weighted by molar-refractivity contribution is 5.92. The van der Waals surface area contributed by atoms with E-state index in [1.807, 2.05) is 25.1 Å². The van der Waals surface area contributed by atoms with Crippen molar-refractivity contribution in [2.75, 3.05) is 24.8 Å². The number of amides is 1. The largest absolute Gasteiger partial charge is 0.454 e. The van der Waals surface area contributed by atoms with E-state index in [0.29, 0.717) is 23.9 Å². The second-order valence-electron chi connectivity index (χ2n) is 6.26. The molecule has 7 nitrogen and oxygen atoms in total. The summed E-state index contributed by atoms with van der Waals surface area (Å²) in [5.41, 5.74) is 2.14.